The largest absolute Gasteiger partial charge is 1.00 e. The van der Waals surface area contributed by atoms with E-state index in [9.17, 15) is 0 Å². The Bertz CT molecular complexity index is 402. The van der Waals surface area contributed by atoms with Gasteiger partial charge in [0.1, 0.15) is 0 Å². The maximum atomic E-state index is 6.09. The zero-order valence-corrected chi connectivity index (χ0v) is 14.4. The van der Waals surface area contributed by atoms with Crippen LogP contribution in [0.5, 0.6) is 0 Å². The molecular weight excluding hydrogens is 389 g/mol. The minimum atomic E-state index is 0. The fourth-order valence-electron chi connectivity index (χ4n) is 1.55. The van der Waals surface area contributed by atoms with E-state index in [2.05, 4.69) is 13.0 Å². The molecule has 0 saturated carbocycles. The van der Waals surface area contributed by atoms with Gasteiger partial charge in [-0.1, -0.05) is 0 Å². The molecule has 0 nitrogen and oxygen atoms in total. The summed E-state index contributed by atoms with van der Waals surface area (Å²) in [6.45, 7) is 2.14. The van der Waals surface area contributed by atoms with Crippen molar-refractivity contribution in [2.45, 2.75) is 10.5 Å². The Balaban J connectivity index is 0. The number of hydrogen-bond donors (Lipinski definition) is 0. The molecule has 0 aromatic heterocycles. The second-order valence-corrected chi connectivity index (χ2v) is 5.47. The molecule has 0 fully saturated rings. The van der Waals surface area contributed by atoms with Crippen LogP contribution in [0.1, 0.15) is 21.7 Å². The number of fused-ring (bicyclic) bond motifs is 1. The third-order valence-corrected chi connectivity index (χ3v) is 4.68. The van der Waals surface area contributed by atoms with Crippen molar-refractivity contribution in [3.63, 3.8) is 0 Å². The molecule has 0 aliphatic heterocycles. The molecule has 1 aliphatic rings. The molecule has 0 heterocycles. The summed E-state index contributed by atoms with van der Waals surface area (Å²) in [5.74, 6) is 0. The third kappa shape index (κ3) is 3.64. The van der Waals surface area contributed by atoms with E-state index in [1.165, 1.54) is 35.9 Å². The zero-order valence-electron chi connectivity index (χ0n) is 8.20. The van der Waals surface area contributed by atoms with Crippen molar-refractivity contribution in [2.75, 3.05) is 0 Å². The van der Waals surface area contributed by atoms with Crippen molar-refractivity contribution in [2.24, 2.45) is 0 Å². The Morgan fingerprint density at radius 2 is 1.69 bits per heavy atom. The molecule has 1 aromatic rings. The van der Waals surface area contributed by atoms with E-state index in [4.69, 9.17) is 23.2 Å². The number of halogens is 5. The van der Waals surface area contributed by atoms with E-state index in [0.717, 1.165) is 15.6 Å². The standard InChI is InChI=1S/C10H7Cl2.3ClH.Zr/c1-6-2-7-4-8(11)5-10(12)9(7)3-6;;;;/h2-5H,1H3;3*1H;/q;;;;+3/p-3. The van der Waals surface area contributed by atoms with Crippen LogP contribution in [0.25, 0.3) is 6.08 Å². The van der Waals surface area contributed by atoms with Crippen LogP contribution in [0.3, 0.4) is 0 Å². The van der Waals surface area contributed by atoms with Crippen molar-refractivity contribution < 1.29 is 61.9 Å². The van der Waals surface area contributed by atoms with Gasteiger partial charge in [0, 0.05) is 0 Å². The first kappa shape index (κ1) is 19.6. The number of benzene rings is 1. The predicted molar refractivity (Wildman–Crippen MR) is 52.9 cm³/mol. The van der Waals surface area contributed by atoms with Gasteiger partial charge in [-0.3, -0.25) is 0 Å². The molecule has 0 N–H and O–H groups in total. The Labute approximate surface area is 139 Å². The molecule has 0 saturated heterocycles. The van der Waals surface area contributed by atoms with E-state index in [1.54, 1.807) is 6.07 Å². The quantitative estimate of drug-likeness (QED) is 0.413. The molecule has 6 heteroatoms. The van der Waals surface area contributed by atoms with E-state index in [1.807, 2.05) is 6.07 Å². The molecule has 1 aliphatic carbocycles. The summed E-state index contributed by atoms with van der Waals surface area (Å²) in [5.41, 5.74) is 3.83. The molecule has 1 aromatic carbocycles. The summed E-state index contributed by atoms with van der Waals surface area (Å²) in [6, 6.07) is 3.83. The molecule has 0 bridgehead atoms. The Morgan fingerprint density at radius 1 is 1.12 bits per heavy atom. The van der Waals surface area contributed by atoms with Crippen LogP contribution in [-0.2, 0) is 24.7 Å². The maximum Gasteiger partial charge on any atom is -1.00 e. The molecule has 0 spiro atoms. The summed E-state index contributed by atoms with van der Waals surface area (Å²) >= 11 is 13.5. The normalized spacial score (nSPS) is 16.3. The Morgan fingerprint density at radius 3 is 2.25 bits per heavy atom. The average Bonchev–Trinajstić information content (AvgIpc) is 2.32. The molecule has 16 heavy (non-hydrogen) atoms. The third-order valence-electron chi connectivity index (χ3n) is 2.26. The van der Waals surface area contributed by atoms with Gasteiger partial charge in [0.15, 0.2) is 0 Å². The topological polar surface area (TPSA) is 0 Å². The van der Waals surface area contributed by atoms with E-state index in [0.29, 0.717) is 3.63 Å². The first-order valence-electron chi connectivity index (χ1n) is 3.98. The van der Waals surface area contributed by atoms with Gasteiger partial charge in [-0.15, -0.1) is 0 Å². The summed E-state index contributed by atoms with van der Waals surface area (Å²) in [7, 11) is 0. The maximum absolute atomic E-state index is 6.09. The minimum Gasteiger partial charge on any atom is -1.00 e. The molecular formula is C10H7Cl5Zr. The van der Waals surface area contributed by atoms with Crippen molar-refractivity contribution in [1.29, 1.82) is 0 Å². The van der Waals surface area contributed by atoms with Crippen LogP contribution < -0.4 is 37.2 Å². The van der Waals surface area contributed by atoms with Crippen LogP contribution in [0.15, 0.2) is 17.7 Å². The van der Waals surface area contributed by atoms with Crippen molar-refractivity contribution in [3.05, 3.63) is 38.9 Å². The number of rotatable bonds is 0. The SMILES string of the molecule is CC1=Cc2c(Cl)cc(Cl)cc2[CH]1[Zr+3].[Cl-].[Cl-].[Cl-]. The summed E-state index contributed by atoms with van der Waals surface area (Å²) in [4.78, 5) is 0. The second kappa shape index (κ2) is 7.67. The molecule has 1 atom stereocenters. The average molecular weight is 396 g/mol. The molecule has 1 unspecified atom stereocenters. The van der Waals surface area contributed by atoms with Gasteiger partial charge in [-0.2, -0.15) is 0 Å². The van der Waals surface area contributed by atoms with Crippen molar-refractivity contribution >= 4 is 29.3 Å². The first-order valence-corrected chi connectivity index (χ1v) is 6.15. The van der Waals surface area contributed by atoms with E-state index in [-0.39, 0.29) is 37.2 Å². The number of hydrogen-bond acceptors (Lipinski definition) is 0. The Hall–Kier alpha value is 1.29. The van der Waals surface area contributed by atoms with Crippen LogP contribution >= 0.6 is 23.2 Å². The minimum absolute atomic E-state index is 0. The van der Waals surface area contributed by atoms with Crippen LogP contribution in [0, 0.1) is 0 Å². The molecule has 0 radical (unpaired) electrons. The van der Waals surface area contributed by atoms with Crippen molar-refractivity contribution in [1.82, 2.24) is 0 Å². The molecule has 2 rings (SSSR count). The van der Waals surface area contributed by atoms with Gasteiger partial charge >= 0.3 is 103 Å². The van der Waals surface area contributed by atoms with Gasteiger partial charge in [-0.05, 0) is 0 Å². The predicted octanol–water partition coefficient (Wildman–Crippen LogP) is -4.99. The first-order chi connectivity index (χ1) is 6.09. The van der Waals surface area contributed by atoms with Crippen LogP contribution in [-0.4, -0.2) is 0 Å². The second-order valence-electron chi connectivity index (χ2n) is 3.21. The van der Waals surface area contributed by atoms with Gasteiger partial charge < -0.3 is 37.2 Å². The van der Waals surface area contributed by atoms with Gasteiger partial charge in [0.2, 0.25) is 0 Å². The van der Waals surface area contributed by atoms with E-state index >= 15 is 0 Å². The van der Waals surface area contributed by atoms with E-state index < -0.39 is 0 Å². The van der Waals surface area contributed by atoms with Crippen LogP contribution in [0.4, 0.5) is 0 Å². The zero-order chi connectivity index (χ0) is 9.59. The molecule has 0 amide bonds. The summed E-state index contributed by atoms with van der Waals surface area (Å²) in [6.07, 6.45) is 2.16. The van der Waals surface area contributed by atoms with Gasteiger partial charge in [-0.25, -0.2) is 0 Å². The molecule has 86 valence electrons. The Kier molecular flexibility index (Phi) is 9.41. The number of allylic oxidation sites excluding steroid dienone is 1. The smallest absolute Gasteiger partial charge is 1.00 e. The fraction of sp³-hybridized carbons (Fsp3) is 0.200. The van der Waals surface area contributed by atoms with Gasteiger partial charge in [0.05, 0.1) is 0 Å². The van der Waals surface area contributed by atoms with Gasteiger partial charge in [0.25, 0.3) is 0 Å². The summed E-state index contributed by atoms with van der Waals surface area (Å²) in [5, 5.41) is 1.51. The fourth-order valence-corrected chi connectivity index (χ4v) is 2.91. The monoisotopic (exact) mass is 392 g/mol. The van der Waals surface area contributed by atoms with Crippen molar-refractivity contribution in [3.8, 4) is 0 Å². The summed E-state index contributed by atoms with van der Waals surface area (Å²) < 4.78 is 0.540. The van der Waals surface area contributed by atoms with Crippen LogP contribution in [0.2, 0.25) is 10.0 Å².